The van der Waals surface area contributed by atoms with E-state index in [1.807, 2.05) is 12.1 Å². The van der Waals surface area contributed by atoms with Gasteiger partial charge >= 0.3 is 0 Å². The highest BCUT2D eigenvalue weighted by Gasteiger charge is 2.32. The maximum Gasteiger partial charge on any atom is 0.260 e. The van der Waals surface area contributed by atoms with E-state index in [0.29, 0.717) is 42.2 Å². The summed E-state index contributed by atoms with van der Waals surface area (Å²) in [7, 11) is 0. The van der Waals surface area contributed by atoms with Crippen molar-refractivity contribution in [2.75, 3.05) is 38.2 Å². The Morgan fingerprint density at radius 1 is 1.03 bits per heavy atom. The molecule has 3 N–H and O–H groups in total. The molecule has 0 atom stereocenters. The molecule has 2 heterocycles. The summed E-state index contributed by atoms with van der Waals surface area (Å²) in [5.74, 6) is -0.195. The van der Waals surface area contributed by atoms with Crippen LogP contribution in [0.15, 0.2) is 36.4 Å². The van der Waals surface area contributed by atoms with Crippen molar-refractivity contribution in [3.63, 3.8) is 0 Å². The largest absolute Gasteiger partial charge is 0.487 e. The fourth-order valence-electron chi connectivity index (χ4n) is 4.00. The number of anilines is 1. The first-order valence-corrected chi connectivity index (χ1v) is 10.2. The van der Waals surface area contributed by atoms with E-state index < -0.39 is 5.82 Å². The molecular weight excluding hydrogens is 387 g/mol. The number of amides is 1. The number of hydrogen-bond donors (Lipinski definition) is 3. The molecule has 6 nitrogen and oxygen atoms in total. The van der Waals surface area contributed by atoms with E-state index in [4.69, 9.17) is 9.84 Å². The van der Waals surface area contributed by atoms with Gasteiger partial charge < -0.3 is 25.2 Å². The van der Waals surface area contributed by atoms with Gasteiger partial charge in [0.1, 0.15) is 18.2 Å². The number of aliphatic hydroxyl groups excluding tert-OH is 2. The molecule has 4 rings (SSSR count). The third kappa shape index (κ3) is 4.09. The number of ether oxygens (including phenoxy) is 1. The summed E-state index contributed by atoms with van der Waals surface area (Å²) >= 11 is 0. The molecule has 0 radical (unpaired) electrons. The summed E-state index contributed by atoms with van der Waals surface area (Å²) in [4.78, 5) is 14.6. The fourth-order valence-corrected chi connectivity index (χ4v) is 4.00. The van der Waals surface area contributed by atoms with E-state index in [0.717, 1.165) is 36.2 Å². The van der Waals surface area contributed by atoms with Crippen LogP contribution in [0.25, 0.3) is 11.3 Å². The Bertz CT molecular complexity index is 989. The number of rotatable bonds is 8. The molecule has 2 aliphatic rings. The molecule has 158 valence electrons. The lowest BCUT2D eigenvalue weighted by atomic mass is 9.98. The molecule has 7 heteroatoms. The molecule has 0 saturated carbocycles. The van der Waals surface area contributed by atoms with Crippen LogP contribution in [0.4, 0.5) is 10.1 Å². The van der Waals surface area contributed by atoms with Crippen molar-refractivity contribution in [3.05, 3.63) is 64.5 Å². The number of carbonyl (C=O) groups is 1. The third-order valence-corrected chi connectivity index (χ3v) is 5.50. The third-order valence-electron chi connectivity index (χ3n) is 5.50. The van der Waals surface area contributed by atoms with E-state index in [2.05, 4.69) is 16.3 Å². The van der Waals surface area contributed by atoms with E-state index in [9.17, 15) is 14.3 Å². The van der Waals surface area contributed by atoms with Gasteiger partial charge in [0.15, 0.2) is 0 Å². The maximum atomic E-state index is 13.7. The predicted octanol–water partition coefficient (Wildman–Crippen LogP) is 2.40. The quantitative estimate of drug-likeness (QED) is 0.580. The molecule has 2 aromatic carbocycles. The molecule has 1 amide bonds. The highest BCUT2D eigenvalue weighted by Crippen LogP contribution is 2.41. The Kier molecular flexibility index (Phi) is 6.13. The van der Waals surface area contributed by atoms with Gasteiger partial charge in [-0.05, 0) is 36.6 Å². The number of benzene rings is 2. The minimum absolute atomic E-state index is 0.0878. The summed E-state index contributed by atoms with van der Waals surface area (Å²) in [6.45, 7) is 2.69. The first-order chi connectivity index (χ1) is 14.6. The summed E-state index contributed by atoms with van der Waals surface area (Å²) in [5, 5.41) is 21.0. The number of nitrogens with zero attached hydrogens (tertiary/aromatic N) is 1. The Morgan fingerprint density at radius 3 is 2.70 bits per heavy atom. The Morgan fingerprint density at radius 2 is 1.90 bits per heavy atom. The lowest BCUT2D eigenvalue weighted by molar-refractivity contribution is -0.110. The topological polar surface area (TPSA) is 82.0 Å². The van der Waals surface area contributed by atoms with E-state index in [1.54, 1.807) is 6.07 Å². The monoisotopic (exact) mass is 412 g/mol. The average Bonchev–Trinajstić information content (AvgIpc) is 3.29. The number of fused-ring (bicyclic) bond motifs is 2. The van der Waals surface area contributed by atoms with Crippen LogP contribution in [0.2, 0.25) is 0 Å². The fraction of sp³-hybridized carbons (Fsp3) is 0.348. The van der Waals surface area contributed by atoms with Gasteiger partial charge in [0.05, 0.1) is 12.2 Å². The van der Waals surface area contributed by atoms with Crippen LogP contribution >= 0.6 is 0 Å². The Hall–Kier alpha value is -2.74. The minimum Gasteiger partial charge on any atom is -0.487 e. The van der Waals surface area contributed by atoms with Crippen molar-refractivity contribution in [1.29, 1.82) is 0 Å². The van der Waals surface area contributed by atoms with Gasteiger partial charge in [-0.2, -0.15) is 0 Å². The normalized spacial score (nSPS) is 17.1. The van der Waals surface area contributed by atoms with Crippen molar-refractivity contribution in [2.24, 2.45) is 0 Å². The first-order valence-electron chi connectivity index (χ1n) is 10.2. The molecule has 0 unspecified atom stereocenters. The predicted molar refractivity (Wildman–Crippen MR) is 112 cm³/mol. The second-order valence-corrected chi connectivity index (χ2v) is 7.52. The summed E-state index contributed by atoms with van der Waals surface area (Å²) < 4.78 is 19.6. The molecule has 0 aromatic heterocycles. The smallest absolute Gasteiger partial charge is 0.260 e. The van der Waals surface area contributed by atoms with Gasteiger partial charge in [0.25, 0.3) is 5.91 Å². The number of carbonyl (C=O) groups excluding carboxylic acids is 1. The highest BCUT2D eigenvalue weighted by atomic mass is 19.1. The van der Waals surface area contributed by atoms with E-state index in [1.165, 1.54) is 12.1 Å². The van der Waals surface area contributed by atoms with Crippen LogP contribution in [0.3, 0.4) is 0 Å². The van der Waals surface area contributed by atoms with Crippen molar-refractivity contribution >= 4 is 22.9 Å². The van der Waals surface area contributed by atoms with Crippen LogP contribution in [-0.4, -0.2) is 53.9 Å². The number of hydrogen-bond acceptors (Lipinski definition) is 5. The van der Waals surface area contributed by atoms with E-state index >= 15 is 0 Å². The maximum absolute atomic E-state index is 13.7. The molecule has 0 fully saturated rings. The SMILES string of the molecule is O=C1Nc2ccc(F)cc2/C1=C1\OCc2cc(CCN(CCO)CCCO)ccc21. The first kappa shape index (κ1) is 20.5. The molecular formula is C23H25FN2O4. The van der Waals surface area contributed by atoms with Crippen LogP contribution in [0.1, 0.15) is 28.7 Å². The van der Waals surface area contributed by atoms with Crippen molar-refractivity contribution in [1.82, 2.24) is 4.90 Å². The van der Waals surface area contributed by atoms with Gasteiger partial charge in [0.2, 0.25) is 0 Å². The van der Waals surface area contributed by atoms with Crippen molar-refractivity contribution < 1.29 is 24.1 Å². The Balaban J connectivity index is 1.56. The number of nitrogens with one attached hydrogen (secondary N) is 1. The van der Waals surface area contributed by atoms with Crippen molar-refractivity contribution in [2.45, 2.75) is 19.4 Å². The van der Waals surface area contributed by atoms with Crippen LogP contribution < -0.4 is 5.32 Å². The zero-order valence-electron chi connectivity index (χ0n) is 16.7. The highest BCUT2D eigenvalue weighted by molar-refractivity contribution is 6.36. The van der Waals surface area contributed by atoms with Gasteiger partial charge in [-0.3, -0.25) is 4.79 Å². The molecule has 2 aliphatic heterocycles. The lowest BCUT2D eigenvalue weighted by Gasteiger charge is -2.20. The van der Waals surface area contributed by atoms with Crippen LogP contribution in [0, 0.1) is 5.82 Å². The van der Waals surface area contributed by atoms with Gasteiger partial charge in [-0.15, -0.1) is 0 Å². The average molecular weight is 412 g/mol. The molecule has 0 spiro atoms. The van der Waals surface area contributed by atoms with E-state index in [-0.39, 0.29) is 19.1 Å². The molecule has 2 aromatic rings. The van der Waals surface area contributed by atoms with Gasteiger partial charge in [0, 0.05) is 48.6 Å². The van der Waals surface area contributed by atoms with Crippen molar-refractivity contribution in [3.8, 4) is 0 Å². The van der Waals surface area contributed by atoms with Crippen LogP contribution in [-0.2, 0) is 22.6 Å². The number of aliphatic hydroxyl groups is 2. The minimum atomic E-state index is -0.398. The standard InChI is InChI=1S/C23H25FN2O4/c24-17-3-5-20-19(13-17)21(23(29)25-20)22-18-4-2-15(12-16(18)14-30-22)6-8-26(9-11-28)7-1-10-27/h2-5,12-13,27-28H,1,6-11,14H2,(H,25,29)/b22-21+. The number of halogens is 1. The molecule has 30 heavy (non-hydrogen) atoms. The van der Waals surface area contributed by atoms with Crippen LogP contribution in [0.5, 0.6) is 0 Å². The Labute approximate surface area is 174 Å². The molecule has 0 aliphatic carbocycles. The second-order valence-electron chi connectivity index (χ2n) is 7.52. The summed E-state index contributed by atoms with van der Waals surface area (Å²) in [6, 6.07) is 10.3. The van der Waals surface area contributed by atoms with Gasteiger partial charge in [-0.25, -0.2) is 4.39 Å². The zero-order chi connectivity index (χ0) is 21.1. The van der Waals surface area contributed by atoms with Gasteiger partial charge in [-0.1, -0.05) is 18.2 Å². The molecule has 0 saturated heterocycles. The molecule has 0 bridgehead atoms. The second kappa shape index (κ2) is 8.95. The zero-order valence-corrected chi connectivity index (χ0v) is 16.7. The summed E-state index contributed by atoms with van der Waals surface area (Å²) in [6.07, 6.45) is 1.48. The lowest BCUT2D eigenvalue weighted by Crippen LogP contribution is -2.30. The summed E-state index contributed by atoms with van der Waals surface area (Å²) in [5.41, 5.74) is 4.47.